The van der Waals surface area contributed by atoms with Gasteiger partial charge in [0.25, 0.3) is 11.8 Å². The van der Waals surface area contributed by atoms with Crippen LogP contribution in [0.2, 0.25) is 4.34 Å². The molecule has 1 aliphatic rings. The number of halogens is 1. The molecule has 0 bridgehead atoms. The summed E-state index contributed by atoms with van der Waals surface area (Å²) in [5.74, 6) is -1.62. The van der Waals surface area contributed by atoms with Gasteiger partial charge in [0.15, 0.2) is 6.73 Å². The van der Waals surface area contributed by atoms with Crippen LogP contribution in [-0.2, 0) is 4.74 Å². The molecule has 31 heavy (non-hydrogen) atoms. The van der Waals surface area contributed by atoms with Gasteiger partial charge in [-0.3, -0.25) is 9.59 Å². The molecular weight excluding hydrogens is 436 g/mol. The third-order valence-electron chi connectivity index (χ3n) is 4.96. The number of hydrogen-bond acceptors (Lipinski definition) is 6. The molecule has 1 aliphatic heterocycles. The summed E-state index contributed by atoms with van der Waals surface area (Å²) in [6, 6.07) is 18.9. The zero-order valence-corrected chi connectivity index (χ0v) is 17.4. The van der Waals surface area contributed by atoms with Gasteiger partial charge in [0.2, 0.25) is 0 Å². The molecule has 2 amide bonds. The minimum absolute atomic E-state index is 0.293. The minimum atomic E-state index is -0.654. The predicted molar refractivity (Wildman–Crippen MR) is 117 cm³/mol. The Balaban J connectivity index is 1.45. The lowest BCUT2D eigenvalue weighted by atomic mass is 10.1. The number of rotatable bonds is 4. The Bertz CT molecular complexity index is 1350. The molecule has 0 saturated carbocycles. The third-order valence-corrected chi connectivity index (χ3v) is 6.22. The lowest BCUT2D eigenvalue weighted by molar-refractivity contribution is 0.0229. The van der Waals surface area contributed by atoms with Gasteiger partial charge in [-0.05, 0) is 36.4 Å². The van der Waals surface area contributed by atoms with Gasteiger partial charge in [0.05, 0.1) is 37.1 Å². The topological polar surface area (TPSA) is 76.6 Å². The van der Waals surface area contributed by atoms with Crippen LogP contribution in [0.4, 0.5) is 0 Å². The second-order valence-corrected chi connectivity index (χ2v) is 8.54. The van der Waals surface area contributed by atoms with Gasteiger partial charge in [-0.2, -0.15) is 0 Å². The molecular formula is C23H13ClN2O4S. The van der Waals surface area contributed by atoms with Crippen molar-refractivity contribution in [1.29, 1.82) is 0 Å². The van der Waals surface area contributed by atoms with Gasteiger partial charge in [-0.15, -0.1) is 11.3 Å². The van der Waals surface area contributed by atoms with Gasteiger partial charge in [0.1, 0.15) is 0 Å². The summed E-state index contributed by atoms with van der Waals surface area (Å²) in [7, 11) is 0. The maximum atomic E-state index is 13.0. The summed E-state index contributed by atoms with van der Waals surface area (Å²) in [6.45, 7) is -0.470. The van der Waals surface area contributed by atoms with Crippen molar-refractivity contribution in [2.45, 2.75) is 0 Å². The molecule has 0 aliphatic carbocycles. The number of para-hydroxylation sites is 1. The molecule has 4 aromatic rings. The maximum absolute atomic E-state index is 13.0. The molecule has 0 radical (unpaired) electrons. The van der Waals surface area contributed by atoms with Crippen LogP contribution in [0.1, 0.15) is 31.1 Å². The fourth-order valence-corrected chi connectivity index (χ4v) is 4.48. The Morgan fingerprint density at radius 1 is 0.968 bits per heavy atom. The number of imide groups is 1. The number of benzene rings is 2. The van der Waals surface area contributed by atoms with Gasteiger partial charge in [0, 0.05) is 5.39 Å². The average Bonchev–Trinajstić information content (AvgIpc) is 3.33. The van der Waals surface area contributed by atoms with E-state index in [0.717, 1.165) is 9.78 Å². The van der Waals surface area contributed by atoms with Crippen molar-refractivity contribution in [3.63, 3.8) is 0 Å². The maximum Gasteiger partial charge on any atom is 0.340 e. The molecule has 6 nitrogen and oxygen atoms in total. The van der Waals surface area contributed by atoms with Gasteiger partial charge < -0.3 is 4.74 Å². The Kier molecular flexibility index (Phi) is 4.77. The molecule has 0 unspecified atom stereocenters. The smallest absolute Gasteiger partial charge is 0.340 e. The van der Waals surface area contributed by atoms with E-state index >= 15 is 0 Å². The van der Waals surface area contributed by atoms with E-state index in [9.17, 15) is 14.4 Å². The van der Waals surface area contributed by atoms with Crippen molar-refractivity contribution in [2.75, 3.05) is 6.73 Å². The molecule has 0 fully saturated rings. The number of pyridine rings is 1. The van der Waals surface area contributed by atoms with E-state index in [4.69, 9.17) is 16.3 Å². The van der Waals surface area contributed by atoms with Gasteiger partial charge in [-0.1, -0.05) is 41.9 Å². The quantitative estimate of drug-likeness (QED) is 0.323. The summed E-state index contributed by atoms with van der Waals surface area (Å²) in [4.78, 5) is 44.3. The standard InChI is InChI=1S/C23H13ClN2O4S/c24-20-10-9-19(31-20)18-11-16(13-5-3-4-8-17(13)25-18)23(29)30-12-26-21(27)14-6-1-2-7-15(14)22(26)28/h1-11H,12H2. The van der Waals surface area contributed by atoms with Crippen molar-refractivity contribution in [1.82, 2.24) is 9.88 Å². The minimum Gasteiger partial charge on any atom is -0.440 e. The van der Waals surface area contributed by atoms with Crippen LogP contribution in [0.25, 0.3) is 21.5 Å². The fraction of sp³-hybridized carbons (Fsp3) is 0.0435. The lowest BCUT2D eigenvalue weighted by Crippen LogP contribution is -2.33. The number of amides is 2. The zero-order chi connectivity index (χ0) is 21.5. The van der Waals surface area contributed by atoms with Crippen LogP contribution in [0.15, 0.2) is 66.7 Å². The predicted octanol–water partition coefficient (Wildman–Crippen LogP) is 5.03. The van der Waals surface area contributed by atoms with Crippen LogP contribution >= 0.6 is 22.9 Å². The molecule has 0 N–H and O–H groups in total. The Morgan fingerprint density at radius 3 is 2.32 bits per heavy atom. The van der Waals surface area contributed by atoms with E-state index < -0.39 is 24.5 Å². The first-order chi connectivity index (χ1) is 15.0. The van der Waals surface area contributed by atoms with E-state index in [2.05, 4.69) is 4.98 Å². The number of esters is 1. The van der Waals surface area contributed by atoms with E-state index in [-0.39, 0.29) is 0 Å². The summed E-state index contributed by atoms with van der Waals surface area (Å²) in [5.41, 5.74) is 2.10. The first-order valence-corrected chi connectivity index (χ1v) is 10.5. The SMILES string of the molecule is O=C(OCN1C(=O)c2ccccc2C1=O)c1cc(-c2ccc(Cl)s2)nc2ccccc12. The van der Waals surface area contributed by atoms with E-state index in [1.807, 2.05) is 12.1 Å². The Hall–Kier alpha value is -3.55. The average molecular weight is 449 g/mol. The summed E-state index contributed by atoms with van der Waals surface area (Å²) in [6.07, 6.45) is 0. The number of hydrogen-bond donors (Lipinski definition) is 0. The Morgan fingerprint density at radius 2 is 1.65 bits per heavy atom. The molecule has 8 heteroatoms. The molecule has 3 heterocycles. The normalized spacial score (nSPS) is 13.0. The van der Waals surface area contributed by atoms with Crippen molar-refractivity contribution in [2.24, 2.45) is 0 Å². The molecule has 0 atom stereocenters. The van der Waals surface area contributed by atoms with E-state index in [1.165, 1.54) is 11.3 Å². The van der Waals surface area contributed by atoms with E-state index in [0.29, 0.717) is 37.6 Å². The van der Waals surface area contributed by atoms with Crippen molar-refractivity contribution in [3.05, 3.63) is 87.8 Å². The van der Waals surface area contributed by atoms with Crippen LogP contribution in [0.5, 0.6) is 0 Å². The molecule has 0 spiro atoms. The number of ether oxygens (including phenoxy) is 1. The highest BCUT2D eigenvalue weighted by Gasteiger charge is 2.36. The largest absolute Gasteiger partial charge is 0.440 e. The molecule has 5 rings (SSSR count). The highest BCUT2D eigenvalue weighted by Crippen LogP contribution is 2.32. The van der Waals surface area contributed by atoms with Crippen LogP contribution in [-0.4, -0.2) is 34.4 Å². The summed E-state index contributed by atoms with van der Waals surface area (Å²) < 4.78 is 5.99. The van der Waals surface area contributed by atoms with Crippen LogP contribution < -0.4 is 0 Å². The van der Waals surface area contributed by atoms with Crippen molar-refractivity contribution < 1.29 is 19.1 Å². The third kappa shape index (κ3) is 3.37. The zero-order valence-electron chi connectivity index (χ0n) is 15.9. The first kappa shape index (κ1) is 19.4. The first-order valence-electron chi connectivity index (χ1n) is 9.31. The lowest BCUT2D eigenvalue weighted by Gasteiger charge is -2.15. The second kappa shape index (κ2) is 7.61. The second-order valence-electron chi connectivity index (χ2n) is 6.82. The number of aromatic nitrogens is 1. The van der Waals surface area contributed by atoms with Crippen LogP contribution in [0, 0.1) is 0 Å². The highest BCUT2D eigenvalue weighted by atomic mass is 35.5. The molecule has 2 aromatic carbocycles. The highest BCUT2D eigenvalue weighted by molar-refractivity contribution is 7.19. The van der Waals surface area contributed by atoms with Crippen LogP contribution in [0.3, 0.4) is 0 Å². The number of carbonyl (C=O) groups excluding carboxylic acids is 3. The molecule has 2 aromatic heterocycles. The van der Waals surface area contributed by atoms with Crippen molar-refractivity contribution >= 4 is 51.6 Å². The summed E-state index contributed by atoms with van der Waals surface area (Å²) in [5, 5.41) is 0.612. The van der Waals surface area contributed by atoms with Gasteiger partial charge in [-0.25, -0.2) is 14.7 Å². The monoisotopic (exact) mass is 448 g/mol. The number of thiophene rings is 1. The number of carbonyl (C=O) groups is 3. The van der Waals surface area contributed by atoms with E-state index in [1.54, 1.807) is 54.6 Å². The Labute approximate surface area is 185 Å². The van der Waals surface area contributed by atoms with Crippen molar-refractivity contribution in [3.8, 4) is 10.6 Å². The number of fused-ring (bicyclic) bond motifs is 2. The number of nitrogens with zero attached hydrogens (tertiary/aromatic N) is 2. The summed E-state index contributed by atoms with van der Waals surface area (Å²) >= 11 is 7.40. The van der Waals surface area contributed by atoms with Gasteiger partial charge >= 0.3 is 5.97 Å². The fourth-order valence-electron chi connectivity index (χ4n) is 3.48. The molecule has 0 saturated heterocycles. The molecule has 152 valence electrons.